The second-order valence-corrected chi connectivity index (χ2v) is 10.6. The van der Waals surface area contributed by atoms with Crippen molar-refractivity contribution in [3.05, 3.63) is 112 Å². The maximum absolute atomic E-state index is 7.55. The molecule has 0 saturated carbocycles. The smallest absolute Gasteiger partial charge is 0.216 e. The first-order chi connectivity index (χ1) is 20.1. The molecule has 0 atom stereocenters. The molecule has 7 rings (SSSR count). The van der Waals surface area contributed by atoms with E-state index >= 15 is 0 Å². The number of aromatic nitrogens is 3. The number of hydrogen-bond donors (Lipinski definition) is 0. The summed E-state index contributed by atoms with van der Waals surface area (Å²) in [4.78, 5) is 13.4. The Labute approximate surface area is 255 Å². The fourth-order valence-electron chi connectivity index (χ4n) is 4.42. The van der Waals surface area contributed by atoms with E-state index in [4.69, 9.17) is 13.5 Å². The van der Waals surface area contributed by atoms with E-state index in [1.807, 2.05) is 37.4 Å². The summed E-state index contributed by atoms with van der Waals surface area (Å²) in [5.74, 6) is 0. The van der Waals surface area contributed by atoms with Crippen molar-refractivity contribution >= 4 is 43.6 Å². The normalized spacial score (nSPS) is 12.3. The van der Waals surface area contributed by atoms with E-state index in [2.05, 4.69) is 72.5 Å². The predicted octanol–water partition coefficient (Wildman–Crippen LogP) is 9.15. The van der Waals surface area contributed by atoms with Crippen LogP contribution in [0.1, 0.15) is 32.1 Å². The molecule has 5 heterocycles. The zero-order valence-electron chi connectivity index (χ0n) is 25.4. The molecule has 201 valence electrons. The van der Waals surface area contributed by atoms with Gasteiger partial charge in [-0.2, -0.15) is 0 Å². The topological polar surface area (TPSA) is 51.8 Å². The Hall–Kier alpha value is -3.70. The molecule has 0 fully saturated rings. The Bertz CT molecular complexity index is 2080. The van der Waals surface area contributed by atoms with Crippen LogP contribution in [0.5, 0.6) is 0 Å². The van der Waals surface area contributed by atoms with E-state index < -0.39 is 6.85 Å². The average Bonchev–Trinajstić information content (AvgIpc) is 3.54. The molecular weight excluding hydrogens is 691 g/mol. The van der Waals surface area contributed by atoms with Gasteiger partial charge in [0.25, 0.3) is 0 Å². The van der Waals surface area contributed by atoms with Crippen LogP contribution < -0.4 is 0 Å². The molecule has 40 heavy (non-hydrogen) atoms. The van der Waals surface area contributed by atoms with Crippen molar-refractivity contribution in [2.24, 2.45) is 0 Å². The average molecular weight is 721 g/mol. The van der Waals surface area contributed by atoms with Crippen molar-refractivity contribution in [3.8, 4) is 22.5 Å². The molecule has 0 unspecified atom stereocenters. The minimum atomic E-state index is -2.27. The van der Waals surface area contributed by atoms with Gasteiger partial charge in [0.15, 0.2) is 0 Å². The monoisotopic (exact) mass is 721 g/mol. The summed E-state index contributed by atoms with van der Waals surface area (Å²) in [6, 6.07) is 25.7. The number of pyridine rings is 3. The molecular formula is C34H27IrN3OS-2. The maximum Gasteiger partial charge on any atom is 0.216 e. The van der Waals surface area contributed by atoms with Crippen molar-refractivity contribution in [3.63, 3.8) is 0 Å². The zero-order valence-corrected chi connectivity index (χ0v) is 25.6. The van der Waals surface area contributed by atoms with Crippen LogP contribution in [-0.2, 0) is 20.1 Å². The number of hydrogen-bond acceptors (Lipinski definition) is 5. The maximum atomic E-state index is 7.55. The first-order valence-electron chi connectivity index (χ1n) is 14.1. The van der Waals surface area contributed by atoms with Gasteiger partial charge in [0, 0.05) is 41.5 Å². The van der Waals surface area contributed by atoms with E-state index in [1.165, 1.54) is 22.8 Å². The van der Waals surface area contributed by atoms with Gasteiger partial charge in [0.1, 0.15) is 0 Å². The van der Waals surface area contributed by atoms with Gasteiger partial charge in [-0.25, -0.2) is 4.98 Å². The number of thiophene rings is 1. The minimum Gasteiger partial charge on any atom is -0.486 e. The molecule has 4 nitrogen and oxygen atoms in total. The summed E-state index contributed by atoms with van der Waals surface area (Å²) in [5.41, 5.74) is 10.4. The standard InChI is InChI=1S/C20H13N2OS.C14H14N.Ir/c1-11-10-24-17-9-8-16(22-18(11)17)15-5-3-4-13-14-7-6-12(2)21-20(14)23-19(13)15;1-10-4-6-13(7-5-10)14-8-11(2)12(3)9-15-14;/h3-4,6-10H,1-2H3;4-6,8-9H,1-3H3;/q2*-1;/i2D3;;. The molecule has 6 heteroatoms. The number of aryl methyl sites for hydroxylation is 5. The molecule has 0 aliphatic heterocycles. The summed E-state index contributed by atoms with van der Waals surface area (Å²) in [7, 11) is 0. The largest absolute Gasteiger partial charge is 0.486 e. The Balaban J connectivity index is 0.000000197. The van der Waals surface area contributed by atoms with Gasteiger partial charge in [0.2, 0.25) is 5.71 Å². The van der Waals surface area contributed by atoms with Gasteiger partial charge in [0.05, 0.1) is 15.8 Å². The van der Waals surface area contributed by atoms with E-state index in [0.717, 1.165) is 49.1 Å². The first kappa shape index (κ1) is 24.1. The van der Waals surface area contributed by atoms with E-state index in [0.29, 0.717) is 11.3 Å². The van der Waals surface area contributed by atoms with E-state index in [-0.39, 0.29) is 25.8 Å². The molecule has 0 aliphatic carbocycles. The van der Waals surface area contributed by atoms with Crippen LogP contribution in [0.2, 0.25) is 0 Å². The fraction of sp³-hybridized carbons (Fsp3) is 0.147. The molecule has 5 aromatic heterocycles. The Morgan fingerprint density at radius 2 is 1.73 bits per heavy atom. The summed E-state index contributed by atoms with van der Waals surface area (Å²) in [6.45, 7) is 6.01. The van der Waals surface area contributed by atoms with E-state index in [9.17, 15) is 0 Å². The van der Waals surface area contributed by atoms with Gasteiger partial charge >= 0.3 is 0 Å². The second-order valence-electron chi connectivity index (χ2n) is 9.64. The van der Waals surface area contributed by atoms with Crippen molar-refractivity contribution in [2.45, 2.75) is 34.5 Å². The number of furan rings is 1. The number of rotatable bonds is 2. The number of fused-ring (bicyclic) bond motifs is 4. The third-order valence-corrected chi connectivity index (χ3v) is 7.82. The van der Waals surface area contributed by atoms with Crippen molar-refractivity contribution < 1.29 is 28.6 Å². The van der Waals surface area contributed by atoms with Crippen LogP contribution in [0.4, 0.5) is 0 Å². The SMILES string of the molecule is Cc1c[c-]c(-c2cc(C)c(C)cn2)cc1.[2H]C([2H])([2H])c1ccc2c(n1)oc1c(-c3ccc4scc(C)c4n3)[c-]ccc12.[Ir]. The molecule has 1 radical (unpaired) electrons. The molecule has 0 N–H and O–H groups in total. The molecule has 7 aromatic rings. The molecule has 0 amide bonds. The Morgan fingerprint density at radius 1 is 0.850 bits per heavy atom. The van der Waals surface area contributed by atoms with Crippen LogP contribution in [0, 0.1) is 46.7 Å². The van der Waals surface area contributed by atoms with Crippen LogP contribution in [0.15, 0.2) is 76.7 Å². The quantitative estimate of drug-likeness (QED) is 0.167. The molecule has 0 bridgehead atoms. The van der Waals surface area contributed by atoms with Crippen LogP contribution >= 0.6 is 11.3 Å². The van der Waals surface area contributed by atoms with Gasteiger partial charge in [-0.1, -0.05) is 35.6 Å². The van der Waals surface area contributed by atoms with Crippen LogP contribution in [0.3, 0.4) is 0 Å². The molecule has 0 aliphatic rings. The molecule has 2 aromatic carbocycles. The summed E-state index contributed by atoms with van der Waals surface area (Å²) >= 11 is 1.67. The Morgan fingerprint density at radius 3 is 2.50 bits per heavy atom. The zero-order chi connectivity index (χ0) is 29.6. The van der Waals surface area contributed by atoms with Crippen LogP contribution in [0.25, 0.3) is 54.8 Å². The molecule has 0 saturated heterocycles. The predicted molar refractivity (Wildman–Crippen MR) is 161 cm³/mol. The van der Waals surface area contributed by atoms with Crippen molar-refractivity contribution in [2.75, 3.05) is 0 Å². The van der Waals surface area contributed by atoms with Crippen molar-refractivity contribution in [1.82, 2.24) is 15.0 Å². The molecule has 0 spiro atoms. The summed E-state index contributed by atoms with van der Waals surface area (Å²) in [5, 5.41) is 3.74. The van der Waals surface area contributed by atoms with Crippen molar-refractivity contribution in [1.29, 1.82) is 0 Å². The number of nitrogens with zero attached hydrogens (tertiary/aromatic N) is 3. The van der Waals surface area contributed by atoms with E-state index in [1.54, 1.807) is 17.4 Å². The minimum absolute atomic E-state index is 0. The third-order valence-electron chi connectivity index (χ3n) is 6.77. The van der Waals surface area contributed by atoms with Crippen LogP contribution in [-0.4, -0.2) is 15.0 Å². The summed E-state index contributed by atoms with van der Waals surface area (Å²) in [6.07, 6.45) is 1.92. The number of benzene rings is 2. The first-order valence-corrected chi connectivity index (χ1v) is 13.5. The Kier molecular flexibility index (Phi) is 6.89. The fourth-order valence-corrected chi connectivity index (χ4v) is 5.30. The van der Waals surface area contributed by atoms with Gasteiger partial charge in [-0.05, 0) is 73.7 Å². The third kappa shape index (κ3) is 5.35. The van der Waals surface area contributed by atoms with Gasteiger partial charge in [-0.15, -0.1) is 64.9 Å². The van der Waals surface area contributed by atoms with Gasteiger partial charge in [-0.3, -0.25) is 4.98 Å². The summed E-state index contributed by atoms with van der Waals surface area (Å²) < 4.78 is 29.8. The van der Waals surface area contributed by atoms with Gasteiger partial charge < -0.3 is 9.40 Å². The second kappa shape index (κ2) is 11.4.